The molecule has 1 aromatic carbocycles. The van der Waals surface area contributed by atoms with Gasteiger partial charge in [0.2, 0.25) is 0 Å². The van der Waals surface area contributed by atoms with Crippen LogP contribution in [0.4, 0.5) is 27.6 Å². The van der Waals surface area contributed by atoms with Crippen molar-refractivity contribution in [2.24, 2.45) is 13.0 Å². The molecule has 0 aliphatic heterocycles. The third kappa shape index (κ3) is 4.90. The number of nitrogens with zero attached hydrogens (tertiary/aromatic N) is 1. The minimum absolute atomic E-state index is 0.105. The molecule has 1 heterocycles. The zero-order valence-corrected chi connectivity index (χ0v) is 16.8. The SMILES string of the molecule is C[C@H](CS(=O)(=O)c1cc(C(=O)Nc2cc(F)c(F)c(Br)c2)n(C)c1)C(F)(F)F. The molecule has 0 radical (unpaired) electrons. The van der Waals surface area contributed by atoms with Gasteiger partial charge in [-0.1, -0.05) is 6.92 Å². The highest BCUT2D eigenvalue weighted by molar-refractivity contribution is 9.10. The minimum atomic E-state index is -4.68. The Hall–Kier alpha value is -1.95. The molecule has 28 heavy (non-hydrogen) atoms. The molecule has 5 nitrogen and oxygen atoms in total. The van der Waals surface area contributed by atoms with E-state index in [0.29, 0.717) is 0 Å². The molecule has 0 saturated heterocycles. The molecule has 1 amide bonds. The summed E-state index contributed by atoms with van der Waals surface area (Å²) in [6.45, 7) is 0.745. The Morgan fingerprint density at radius 3 is 2.39 bits per heavy atom. The first-order chi connectivity index (χ1) is 12.7. The second-order valence-corrected chi connectivity index (χ2v) is 8.99. The first kappa shape index (κ1) is 22.3. The average Bonchev–Trinajstić information content (AvgIpc) is 2.94. The molecule has 2 rings (SSSR count). The molecule has 12 heteroatoms. The smallest absolute Gasteiger partial charge is 0.345 e. The van der Waals surface area contributed by atoms with Gasteiger partial charge in [0.25, 0.3) is 5.91 Å². The molecule has 0 aliphatic carbocycles. The van der Waals surface area contributed by atoms with Crippen LogP contribution in [0.25, 0.3) is 0 Å². The lowest BCUT2D eigenvalue weighted by Crippen LogP contribution is -2.27. The Kier molecular flexibility index (Phi) is 6.24. The van der Waals surface area contributed by atoms with Crippen molar-refractivity contribution in [3.05, 3.63) is 46.2 Å². The number of amides is 1. The lowest BCUT2D eigenvalue weighted by Gasteiger charge is -2.14. The van der Waals surface area contributed by atoms with Crippen LogP contribution in [0, 0.1) is 17.6 Å². The summed E-state index contributed by atoms with van der Waals surface area (Å²) in [7, 11) is -2.99. The van der Waals surface area contributed by atoms with Crippen molar-refractivity contribution in [1.82, 2.24) is 4.57 Å². The maximum atomic E-state index is 13.4. The molecule has 1 N–H and O–H groups in total. The maximum absolute atomic E-state index is 13.4. The van der Waals surface area contributed by atoms with Gasteiger partial charge in [0, 0.05) is 25.0 Å². The fourth-order valence-corrected chi connectivity index (χ4v) is 4.36. The Morgan fingerprint density at radius 1 is 1.25 bits per heavy atom. The quantitative estimate of drug-likeness (QED) is 0.504. The number of carbonyl (C=O) groups is 1. The molecular formula is C16H14BrF5N2O3S. The summed E-state index contributed by atoms with van der Waals surface area (Å²) >= 11 is 2.78. The molecule has 0 unspecified atom stereocenters. The largest absolute Gasteiger partial charge is 0.392 e. The van der Waals surface area contributed by atoms with Gasteiger partial charge < -0.3 is 9.88 Å². The van der Waals surface area contributed by atoms with Gasteiger partial charge in [0.05, 0.1) is 21.0 Å². The highest BCUT2D eigenvalue weighted by Gasteiger charge is 2.39. The number of rotatable bonds is 5. The second kappa shape index (κ2) is 7.82. The summed E-state index contributed by atoms with van der Waals surface area (Å²) < 4.78 is 89.9. The van der Waals surface area contributed by atoms with Crippen LogP contribution in [0.3, 0.4) is 0 Å². The van der Waals surface area contributed by atoms with E-state index in [4.69, 9.17) is 0 Å². The van der Waals surface area contributed by atoms with Gasteiger partial charge in [-0.15, -0.1) is 0 Å². The monoisotopic (exact) mass is 488 g/mol. The van der Waals surface area contributed by atoms with E-state index in [-0.39, 0.29) is 15.9 Å². The van der Waals surface area contributed by atoms with E-state index in [9.17, 15) is 35.2 Å². The number of aryl methyl sites for hydroxylation is 1. The van der Waals surface area contributed by atoms with Crippen molar-refractivity contribution < 1.29 is 35.2 Å². The molecule has 1 atom stereocenters. The minimum Gasteiger partial charge on any atom is -0.345 e. The normalized spacial score (nSPS) is 13.4. The summed E-state index contributed by atoms with van der Waals surface area (Å²) in [5, 5.41) is 2.27. The lowest BCUT2D eigenvalue weighted by atomic mass is 10.2. The van der Waals surface area contributed by atoms with Crippen LogP contribution in [0.5, 0.6) is 0 Å². The van der Waals surface area contributed by atoms with Gasteiger partial charge in [-0.3, -0.25) is 4.79 Å². The van der Waals surface area contributed by atoms with E-state index in [1.165, 1.54) is 7.05 Å². The van der Waals surface area contributed by atoms with Crippen LogP contribution in [0.15, 0.2) is 33.8 Å². The number of benzene rings is 1. The Labute approximate surface area is 165 Å². The molecule has 0 bridgehead atoms. The lowest BCUT2D eigenvalue weighted by molar-refractivity contribution is -0.163. The summed E-state index contributed by atoms with van der Waals surface area (Å²) in [5.74, 6) is -6.48. The van der Waals surface area contributed by atoms with Crippen molar-refractivity contribution in [3.63, 3.8) is 0 Å². The molecule has 2 aromatic rings. The third-order valence-corrected chi connectivity index (χ3v) is 6.30. The fourth-order valence-electron chi connectivity index (χ4n) is 2.27. The number of alkyl halides is 3. The number of anilines is 1. The molecule has 154 valence electrons. The number of hydrogen-bond acceptors (Lipinski definition) is 3. The van der Waals surface area contributed by atoms with E-state index < -0.39 is 50.1 Å². The Morgan fingerprint density at radius 2 is 1.86 bits per heavy atom. The zero-order chi connectivity index (χ0) is 21.4. The number of sulfone groups is 1. The van der Waals surface area contributed by atoms with Crippen molar-refractivity contribution in [2.75, 3.05) is 11.1 Å². The number of halogens is 6. The van der Waals surface area contributed by atoms with Gasteiger partial charge in [0.15, 0.2) is 21.5 Å². The molecule has 1 aromatic heterocycles. The number of nitrogens with one attached hydrogen (secondary N) is 1. The fraction of sp³-hybridized carbons (Fsp3) is 0.312. The van der Waals surface area contributed by atoms with Crippen LogP contribution >= 0.6 is 15.9 Å². The molecular weight excluding hydrogens is 475 g/mol. The van der Waals surface area contributed by atoms with Gasteiger partial charge in [-0.25, -0.2) is 17.2 Å². The van der Waals surface area contributed by atoms with Gasteiger partial charge in [-0.05, 0) is 28.1 Å². The van der Waals surface area contributed by atoms with Crippen LogP contribution in [-0.4, -0.2) is 30.8 Å². The van der Waals surface area contributed by atoms with Crippen LogP contribution in [-0.2, 0) is 16.9 Å². The van der Waals surface area contributed by atoms with Crippen LogP contribution < -0.4 is 5.32 Å². The van der Waals surface area contributed by atoms with Crippen molar-refractivity contribution in [3.8, 4) is 0 Å². The highest BCUT2D eigenvalue weighted by atomic mass is 79.9. The molecule has 0 saturated carbocycles. The number of aromatic nitrogens is 1. The van der Waals surface area contributed by atoms with Crippen molar-refractivity contribution >= 4 is 37.4 Å². The van der Waals surface area contributed by atoms with Gasteiger partial charge in [-0.2, -0.15) is 13.2 Å². The standard InChI is InChI=1S/C16H14BrF5N2O3S/c1-8(16(20,21)22)7-28(26,27)10-5-13(24(2)6-10)15(25)23-9-3-11(17)14(19)12(18)4-9/h3-6,8H,7H2,1-2H3,(H,23,25)/t8-/m1/s1. The van der Waals surface area contributed by atoms with Crippen molar-refractivity contribution in [2.45, 2.75) is 18.0 Å². The Bertz CT molecular complexity index is 995. The van der Waals surface area contributed by atoms with Crippen molar-refractivity contribution in [1.29, 1.82) is 0 Å². The predicted molar refractivity (Wildman–Crippen MR) is 94.7 cm³/mol. The highest BCUT2D eigenvalue weighted by Crippen LogP contribution is 2.29. The summed E-state index contributed by atoms with van der Waals surface area (Å²) in [6, 6.07) is 2.74. The van der Waals surface area contributed by atoms with E-state index >= 15 is 0 Å². The van der Waals surface area contributed by atoms with Gasteiger partial charge >= 0.3 is 6.18 Å². The first-order valence-corrected chi connectivity index (χ1v) is 10.1. The number of carbonyl (C=O) groups excluding carboxylic acids is 1. The van der Waals surface area contributed by atoms with Gasteiger partial charge in [0.1, 0.15) is 5.69 Å². The third-order valence-electron chi connectivity index (χ3n) is 3.84. The van der Waals surface area contributed by atoms with E-state index in [1.807, 2.05) is 0 Å². The first-order valence-electron chi connectivity index (χ1n) is 7.64. The van der Waals surface area contributed by atoms with E-state index in [1.54, 1.807) is 0 Å². The summed E-state index contributed by atoms with van der Waals surface area (Å²) in [6.07, 6.45) is -3.67. The second-order valence-electron chi connectivity index (χ2n) is 6.10. The topological polar surface area (TPSA) is 68.2 Å². The van der Waals surface area contributed by atoms with Crippen LogP contribution in [0.1, 0.15) is 17.4 Å². The maximum Gasteiger partial charge on any atom is 0.392 e. The molecule has 0 spiro atoms. The summed E-state index contributed by atoms with van der Waals surface area (Å²) in [4.78, 5) is 11.9. The summed E-state index contributed by atoms with van der Waals surface area (Å²) in [5.41, 5.74) is -0.300. The average molecular weight is 489 g/mol. The van der Waals surface area contributed by atoms with E-state index in [2.05, 4.69) is 21.2 Å². The van der Waals surface area contributed by atoms with E-state index in [0.717, 1.165) is 35.9 Å². The Balaban J connectivity index is 2.27. The molecule has 0 aliphatic rings. The zero-order valence-electron chi connectivity index (χ0n) is 14.4. The molecule has 0 fully saturated rings. The predicted octanol–water partition coefficient (Wildman–Crippen LogP) is 4.29. The number of hydrogen-bond donors (Lipinski definition) is 1. The van der Waals surface area contributed by atoms with Crippen LogP contribution in [0.2, 0.25) is 0 Å².